The molecule has 1 unspecified atom stereocenters. The van der Waals surface area contributed by atoms with Gasteiger partial charge in [-0.15, -0.1) is 0 Å². The normalized spacial score (nSPS) is 15.4. The zero-order valence-corrected chi connectivity index (χ0v) is 19.8. The van der Waals surface area contributed by atoms with E-state index in [0.29, 0.717) is 30.9 Å². The molecule has 7 nitrogen and oxygen atoms in total. The van der Waals surface area contributed by atoms with Gasteiger partial charge in [0, 0.05) is 30.9 Å². The first-order valence-corrected chi connectivity index (χ1v) is 12.1. The summed E-state index contributed by atoms with van der Waals surface area (Å²) in [6.07, 6.45) is 2.99. The van der Waals surface area contributed by atoms with Crippen molar-refractivity contribution in [2.24, 2.45) is 5.92 Å². The Kier molecular flexibility index (Phi) is 6.80. The first-order chi connectivity index (χ1) is 17.6. The fraction of sp³-hybridized carbons (Fsp3) is 0.207. The molecule has 4 aromatic rings. The van der Waals surface area contributed by atoms with Gasteiger partial charge in [-0.25, -0.2) is 0 Å². The number of nitrogens with zero attached hydrogens (tertiary/aromatic N) is 1. The molecule has 1 aromatic heterocycles. The van der Waals surface area contributed by atoms with Crippen molar-refractivity contribution >= 4 is 34.2 Å². The van der Waals surface area contributed by atoms with E-state index in [1.165, 1.54) is 6.26 Å². The molecule has 0 spiro atoms. The second-order valence-corrected chi connectivity index (χ2v) is 8.96. The first kappa shape index (κ1) is 23.4. The van der Waals surface area contributed by atoms with Crippen LogP contribution in [0.4, 0.5) is 5.69 Å². The van der Waals surface area contributed by atoms with Crippen molar-refractivity contribution in [2.45, 2.75) is 19.4 Å². The summed E-state index contributed by atoms with van der Waals surface area (Å²) in [5, 5.41) is 7.73. The molecule has 1 aliphatic heterocycles. The number of piperidine rings is 1. The highest BCUT2D eigenvalue weighted by Crippen LogP contribution is 2.24. The van der Waals surface area contributed by atoms with Crippen LogP contribution in [0.5, 0.6) is 0 Å². The highest BCUT2D eigenvalue weighted by atomic mass is 16.3. The average Bonchev–Trinajstić information content (AvgIpc) is 3.47. The third-order valence-corrected chi connectivity index (χ3v) is 6.52. The molecule has 0 bridgehead atoms. The molecule has 182 valence electrons. The number of fused-ring (bicyclic) bond motifs is 1. The number of hydrogen-bond donors (Lipinski definition) is 2. The molecule has 2 heterocycles. The molecular formula is C29H27N3O4. The molecule has 5 rings (SSSR count). The molecule has 1 atom stereocenters. The van der Waals surface area contributed by atoms with Gasteiger partial charge in [0.15, 0.2) is 5.76 Å². The Morgan fingerprint density at radius 2 is 1.72 bits per heavy atom. The monoisotopic (exact) mass is 481 g/mol. The van der Waals surface area contributed by atoms with Gasteiger partial charge in [0.25, 0.3) is 11.8 Å². The predicted molar refractivity (Wildman–Crippen MR) is 138 cm³/mol. The van der Waals surface area contributed by atoms with Crippen LogP contribution < -0.4 is 10.6 Å². The van der Waals surface area contributed by atoms with Gasteiger partial charge in [0.05, 0.1) is 12.2 Å². The van der Waals surface area contributed by atoms with Gasteiger partial charge in [-0.1, -0.05) is 48.5 Å². The molecule has 3 aromatic carbocycles. The molecule has 3 amide bonds. The lowest BCUT2D eigenvalue weighted by atomic mass is 9.95. The molecule has 0 radical (unpaired) electrons. The van der Waals surface area contributed by atoms with E-state index in [0.717, 1.165) is 29.2 Å². The van der Waals surface area contributed by atoms with E-state index >= 15 is 0 Å². The average molecular weight is 482 g/mol. The highest BCUT2D eigenvalue weighted by molar-refractivity contribution is 6.07. The number of likely N-dealkylation sites (tertiary alicyclic amines) is 1. The fourth-order valence-electron chi connectivity index (χ4n) is 4.60. The number of anilines is 1. The maximum Gasteiger partial charge on any atom is 0.291 e. The minimum Gasteiger partial charge on any atom is -0.459 e. The lowest BCUT2D eigenvalue weighted by Gasteiger charge is -2.32. The number of furan rings is 1. The first-order valence-electron chi connectivity index (χ1n) is 12.1. The summed E-state index contributed by atoms with van der Waals surface area (Å²) in [7, 11) is 0. The van der Waals surface area contributed by atoms with E-state index < -0.39 is 0 Å². The van der Waals surface area contributed by atoms with Crippen LogP contribution >= 0.6 is 0 Å². The van der Waals surface area contributed by atoms with Gasteiger partial charge in [0.2, 0.25) is 5.91 Å². The second-order valence-electron chi connectivity index (χ2n) is 8.96. The summed E-state index contributed by atoms with van der Waals surface area (Å²) in [6.45, 7) is 1.43. The van der Waals surface area contributed by atoms with E-state index in [4.69, 9.17) is 4.42 Å². The van der Waals surface area contributed by atoms with E-state index in [1.807, 2.05) is 54.6 Å². The fourth-order valence-corrected chi connectivity index (χ4v) is 4.60. The quantitative estimate of drug-likeness (QED) is 0.412. The van der Waals surface area contributed by atoms with Gasteiger partial charge in [-0.2, -0.15) is 0 Å². The zero-order chi connectivity index (χ0) is 24.9. The van der Waals surface area contributed by atoms with Crippen LogP contribution in [-0.2, 0) is 11.3 Å². The smallest absolute Gasteiger partial charge is 0.291 e. The predicted octanol–water partition coefficient (Wildman–Crippen LogP) is 4.85. The Morgan fingerprint density at radius 3 is 2.53 bits per heavy atom. The Morgan fingerprint density at radius 1 is 0.917 bits per heavy atom. The summed E-state index contributed by atoms with van der Waals surface area (Å²) in [6, 6.07) is 24.2. The summed E-state index contributed by atoms with van der Waals surface area (Å²) in [5.41, 5.74) is 2.23. The molecular weight excluding hydrogens is 454 g/mol. The summed E-state index contributed by atoms with van der Waals surface area (Å²) < 4.78 is 5.10. The van der Waals surface area contributed by atoms with Gasteiger partial charge < -0.3 is 20.0 Å². The number of carbonyl (C=O) groups excluding carboxylic acids is 3. The van der Waals surface area contributed by atoms with Crippen LogP contribution in [-0.4, -0.2) is 35.7 Å². The largest absolute Gasteiger partial charge is 0.459 e. The Labute approximate surface area is 209 Å². The van der Waals surface area contributed by atoms with Crippen molar-refractivity contribution in [3.8, 4) is 0 Å². The molecule has 0 saturated carbocycles. The molecule has 2 N–H and O–H groups in total. The van der Waals surface area contributed by atoms with E-state index in [-0.39, 0.29) is 29.4 Å². The van der Waals surface area contributed by atoms with E-state index in [9.17, 15) is 14.4 Å². The van der Waals surface area contributed by atoms with Crippen molar-refractivity contribution in [3.63, 3.8) is 0 Å². The second kappa shape index (κ2) is 10.5. The molecule has 7 heteroatoms. The van der Waals surface area contributed by atoms with Crippen LogP contribution in [0.25, 0.3) is 10.8 Å². The highest BCUT2D eigenvalue weighted by Gasteiger charge is 2.29. The van der Waals surface area contributed by atoms with Crippen LogP contribution in [0.3, 0.4) is 0 Å². The SMILES string of the molecule is O=C(Nc1ccc(CNC(=O)C2CCCN(C(=O)c3cccc4ccccc34)C2)cc1)c1ccco1. The number of amides is 3. The number of carbonyl (C=O) groups is 3. The van der Waals surface area contributed by atoms with Crippen molar-refractivity contribution in [1.29, 1.82) is 0 Å². The van der Waals surface area contributed by atoms with E-state index in [2.05, 4.69) is 10.6 Å². The molecule has 1 saturated heterocycles. The standard InChI is InChI=1S/C29H27N3O4/c33-27(30-18-20-12-14-23(15-13-20)31-28(34)26-11-5-17-36-26)22-8-4-16-32(19-22)29(35)25-10-3-7-21-6-1-2-9-24(21)25/h1-3,5-7,9-15,17,22H,4,8,16,18-19H2,(H,30,33)(H,31,34). The van der Waals surface area contributed by atoms with Crippen molar-refractivity contribution < 1.29 is 18.8 Å². The van der Waals surface area contributed by atoms with E-state index in [1.54, 1.807) is 29.2 Å². The van der Waals surface area contributed by atoms with Crippen molar-refractivity contribution in [3.05, 3.63) is 102 Å². The Bertz CT molecular complexity index is 1370. The van der Waals surface area contributed by atoms with Gasteiger partial charge >= 0.3 is 0 Å². The maximum atomic E-state index is 13.3. The topological polar surface area (TPSA) is 91.7 Å². The summed E-state index contributed by atoms with van der Waals surface area (Å²) in [4.78, 5) is 40.1. The maximum absolute atomic E-state index is 13.3. The van der Waals surface area contributed by atoms with Crippen LogP contribution in [0.1, 0.15) is 39.3 Å². The molecule has 1 aliphatic rings. The number of nitrogens with one attached hydrogen (secondary N) is 2. The van der Waals surface area contributed by atoms with Gasteiger partial charge in [0.1, 0.15) is 0 Å². The summed E-state index contributed by atoms with van der Waals surface area (Å²) in [5.74, 6) is -0.408. The molecule has 36 heavy (non-hydrogen) atoms. The number of hydrogen-bond acceptors (Lipinski definition) is 4. The lowest BCUT2D eigenvalue weighted by molar-refractivity contribution is -0.126. The van der Waals surface area contributed by atoms with Crippen molar-refractivity contribution in [2.75, 3.05) is 18.4 Å². The van der Waals surface area contributed by atoms with Gasteiger partial charge in [-0.05, 0) is 59.5 Å². The summed E-state index contributed by atoms with van der Waals surface area (Å²) >= 11 is 0. The molecule has 0 aliphatic carbocycles. The number of benzene rings is 3. The Balaban J connectivity index is 1.16. The van der Waals surface area contributed by atoms with Crippen LogP contribution in [0.2, 0.25) is 0 Å². The molecule has 1 fully saturated rings. The van der Waals surface area contributed by atoms with Crippen LogP contribution in [0.15, 0.2) is 89.5 Å². The number of rotatable bonds is 6. The van der Waals surface area contributed by atoms with Crippen LogP contribution in [0, 0.1) is 5.92 Å². The minimum atomic E-state index is -0.319. The Hall–Kier alpha value is -4.39. The zero-order valence-electron chi connectivity index (χ0n) is 19.8. The van der Waals surface area contributed by atoms with Gasteiger partial charge in [-0.3, -0.25) is 14.4 Å². The lowest BCUT2D eigenvalue weighted by Crippen LogP contribution is -2.45. The third-order valence-electron chi connectivity index (χ3n) is 6.52. The van der Waals surface area contributed by atoms with Crippen molar-refractivity contribution in [1.82, 2.24) is 10.2 Å². The minimum absolute atomic E-state index is 0.0310. The third kappa shape index (κ3) is 5.15.